The summed E-state index contributed by atoms with van der Waals surface area (Å²) in [7, 11) is 0. The van der Waals surface area contributed by atoms with Crippen molar-refractivity contribution in [2.24, 2.45) is 0 Å². The van der Waals surface area contributed by atoms with Gasteiger partial charge in [-0.3, -0.25) is 0 Å². The first-order valence-electron chi connectivity index (χ1n) is 5.41. The van der Waals surface area contributed by atoms with Gasteiger partial charge in [-0.15, -0.1) is 0 Å². The molecular weight excluding hydrogens is 260 g/mol. The van der Waals surface area contributed by atoms with Gasteiger partial charge in [-0.1, -0.05) is 12.1 Å². The van der Waals surface area contributed by atoms with Crippen LogP contribution in [0.1, 0.15) is 11.1 Å². The molecule has 0 heterocycles. The van der Waals surface area contributed by atoms with Gasteiger partial charge >= 0.3 is 6.18 Å². The molecule has 0 aliphatic carbocycles. The van der Waals surface area contributed by atoms with E-state index in [0.717, 1.165) is 18.2 Å². The van der Waals surface area contributed by atoms with E-state index in [1.54, 1.807) is 0 Å². The van der Waals surface area contributed by atoms with Crippen molar-refractivity contribution in [2.75, 3.05) is 0 Å². The summed E-state index contributed by atoms with van der Waals surface area (Å²) >= 11 is 0. The SMILES string of the molecule is Fc1cc[c]c(OCc2ccc(C(F)(F)F)cc2)c1. The Morgan fingerprint density at radius 3 is 2.32 bits per heavy atom. The molecule has 2 aromatic carbocycles. The fourth-order valence-corrected chi connectivity index (χ4v) is 1.45. The van der Waals surface area contributed by atoms with Gasteiger partial charge in [0, 0.05) is 12.1 Å². The van der Waals surface area contributed by atoms with Gasteiger partial charge in [0.15, 0.2) is 0 Å². The Morgan fingerprint density at radius 2 is 1.74 bits per heavy atom. The van der Waals surface area contributed by atoms with Crippen LogP contribution >= 0.6 is 0 Å². The topological polar surface area (TPSA) is 9.23 Å². The van der Waals surface area contributed by atoms with E-state index >= 15 is 0 Å². The van der Waals surface area contributed by atoms with E-state index in [-0.39, 0.29) is 12.4 Å². The van der Waals surface area contributed by atoms with Crippen LogP contribution in [0.15, 0.2) is 42.5 Å². The van der Waals surface area contributed by atoms with E-state index in [2.05, 4.69) is 6.07 Å². The van der Waals surface area contributed by atoms with Crippen molar-refractivity contribution >= 4 is 0 Å². The van der Waals surface area contributed by atoms with Gasteiger partial charge in [-0.05, 0) is 29.8 Å². The van der Waals surface area contributed by atoms with E-state index in [9.17, 15) is 17.6 Å². The zero-order valence-corrected chi connectivity index (χ0v) is 9.67. The number of hydrogen-bond acceptors (Lipinski definition) is 1. The number of ether oxygens (including phenoxy) is 1. The Bertz CT molecular complexity index is 546. The van der Waals surface area contributed by atoms with Crippen molar-refractivity contribution in [3.05, 3.63) is 65.5 Å². The zero-order chi connectivity index (χ0) is 13.9. The maximum Gasteiger partial charge on any atom is 0.416 e. The molecule has 2 aromatic rings. The summed E-state index contributed by atoms with van der Waals surface area (Å²) in [5, 5.41) is 0. The summed E-state index contributed by atoms with van der Waals surface area (Å²) in [5.74, 6) is -0.249. The summed E-state index contributed by atoms with van der Waals surface area (Å²) in [6.45, 7) is 0.0537. The largest absolute Gasteiger partial charge is 0.488 e. The van der Waals surface area contributed by atoms with Crippen LogP contribution in [0.25, 0.3) is 0 Å². The lowest BCUT2D eigenvalue weighted by Gasteiger charge is -2.09. The van der Waals surface area contributed by atoms with Crippen molar-refractivity contribution < 1.29 is 22.3 Å². The summed E-state index contributed by atoms with van der Waals surface area (Å²) in [5.41, 5.74) is -0.153. The smallest absolute Gasteiger partial charge is 0.416 e. The highest BCUT2D eigenvalue weighted by Crippen LogP contribution is 2.29. The molecule has 0 unspecified atom stereocenters. The van der Waals surface area contributed by atoms with E-state index in [1.807, 2.05) is 0 Å². The Hall–Kier alpha value is -2.04. The van der Waals surface area contributed by atoms with Crippen LogP contribution in [0.4, 0.5) is 17.6 Å². The molecule has 0 aromatic heterocycles. The number of alkyl halides is 3. The van der Waals surface area contributed by atoms with Crippen molar-refractivity contribution in [1.82, 2.24) is 0 Å². The first-order valence-corrected chi connectivity index (χ1v) is 5.41. The van der Waals surface area contributed by atoms with Gasteiger partial charge in [0.25, 0.3) is 0 Å². The zero-order valence-electron chi connectivity index (χ0n) is 9.67. The van der Waals surface area contributed by atoms with Crippen LogP contribution in [0.5, 0.6) is 5.75 Å². The maximum atomic E-state index is 12.9. The molecule has 0 atom stereocenters. The molecule has 5 heteroatoms. The van der Waals surface area contributed by atoms with Crippen molar-refractivity contribution in [3.63, 3.8) is 0 Å². The van der Waals surface area contributed by atoms with E-state index in [1.165, 1.54) is 24.3 Å². The molecule has 99 valence electrons. The van der Waals surface area contributed by atoms with E-state index < -0.39 is 17.6 Å². The Labute approximate surface area is 107 Å². The third kappa shape index (κ3) is 3.71. The molecule has 0 aliphatic heterocycles. The predicted molar refractivity (Wildman–Crippen MR) is 61.0 cm³/mol. The third-order valence-corrected chi connectivity index (χ3v) is 2.41. The standard InChI is InChI=1S/C14H9F4O/c15-12-2-1-3-13(8-12)19-9-10-4-6-11(7-5-10)14(16,17)18/h1-2,4-8H,9H2. The normalized spacial score (nSPS) is 11.4. The first-order chi connectivity index (χ1) is 8.95. The van der Waals surface area contributed by atoms with Gasteiger partial charge in [-0.25, -0.2) is 4.39 Å². The summed E-state index contributed by atoms with van der Waals surface area (Å²) in [6, 6.07) is 11.0. The van der Waals surface area contributed by atoms with Gasteiger partial charge in [0.05, 0.1) is 5.56 Å². The average Bonchev–Trinajstić information content (AvgIpc) is 2.36. The van der Waals surface area contributed by atoms with E-state index in [4.69, 9.17) is 4.74 Å². The molecule has 0 N–H and O–H groups in total. The summed E-state index contributed by atoms with van der Waals surface area (Å²) in [4.78, 5) is 0. The second-order valence-corrected chi connectivity index (χ2v) is 3.85. The second-order valence-electron chi connectivity index (χ2n) is 3.85. The molecule has 0 fully saturated rings. The van der Waals surface area contributed by atoms with Gasteiger partial charge in [-0.2, -0.15) is 13.2 Å². The van der Waals surface area contributed by atoms with Gasteiger partial charge < -0.3 is 4.74 Å². The molecule has 0 aliphatic rings. The minimum Gasteiger partial charge on any atom is -0.488 e. The molecule has 19 heavy (non-hydrogen) atoms. The molecule has 0 amide bonds. The van der Waals surface area contributed by atoms with Gasteiger partial charge in [0.1, 0.15) is 18.2 Å². The molecule has 2 rings (SSSR count). The lowest BCUT2D eigenvalue weighted by Crippen LogP contribution is -2.05. The maximum absolute atomic E-state index is 12.9. The Balaban J connectivity index is 2.01. The lowest BCUT2D eigenvalue weighted by atomic mass is 10.1. The second kappa shape index (κ2) is 5.30. The summed E-state index contributed by atoms with van der Waals surface area (Å²) in [6.07, 6.45) is -4.35. The minimum atomic E-state index is -4.35. The highest BCUT2D eigenvalue weighted by atomic mass is 19.4. The minimum absolute atomic E-state index is 0.0537. The number of halogens is 4. The molecular formula is C14H9F4O. The van der Waals surface area contributed by atoms with Gasteiger partial charge in [0.2, 0.25) is 0 Å². The highest BCUT2D eigenvalue weighted by molar-refractivity contribution is 5.25. The Morgan fingerprint density at radius 1 is 1.05 bits per heavy atom. The average molecular weight is 269 g/mol. The molecule has 0 saturated carbocycles. The first kappa shape index (κ1) is 13.4. The van der Waals surface area contributed by atoms with Crippen LogP contribution in [0, 0.1) is 11.9 Å². The Kier molecular flexibility index (Phi) is 3.74. The van der Waals surface area contributed by atoms with Crippen LogP contribution in [0.3, 0.4) is 0 Å². The number of benzene rings is 2. The summed E-state index contributed by atoms with van der Waals surface area (Å²) < 4.78 is 55.1. The lowest BCUT2D eigenvalue weighted by molar-refractivity contribution is -0.137. The van der Waals surface area contributed by atoms with Crippen molar-refractivity contribution in [3.8, 4) is 5.75 Å². The number of hydrogen-bond donors (Lipinski definition) is 0. The predicted octanol–water partition coefficient (Wildman–Crippen LogP) is 4.22. The fraction of sp³-hybridized carbons (Fsp3) is 0.143. The monoisotopic (exact) mass is 269 g/mol. The highest BCUT2D eigenvalue weighted by Gasteiger charge is 2.29. The van der Waals surface area contributed by atoms with Crippen LogP contribution in [-0.4, -0.2) is 0 Å². The van der Waals surface area contributed by atoms with Crippen LogP contribution in [0.2, 0.25) is 0 Å². The van der Waals surface area contributed by atoms with Crippen LogP contribution < -0.4 is 4.74 Å². The van der Waals surface area contributed by atoms with Crippen molar-refractivity contribution in [1.29, 1.82) is 0 Å². The van der Waals surface area contributed by atoms with Crippen LogP contribution in [-0.2, 0) is 12.8 Å². The molecule has 0 bridgehead atoms. The third-order valence-electron chi connectivity index (χ3n) is 2.41. The molecule has 0 saturated heterocycles. The molecule has 0 spiro atoms. The van der Waals surface area contributed by atoms with E-state index in [0.29, 0.717) is 5.56 Å². The molecule has 1 radical (unpaired) electrons. The number of rotatable bonds is 3. The molecule has 1 nitrogen and oxygen atoms in total. The quantitative estimate of drug-likeness (QED) is 0.758. The fourth-order valence-electron chi connectivity index (χ4n) is 1.45. The van der Waals surface area contributed by atoms with Crippen molar-refractivity contribution in [2.45, 2.75) is 12.8 Å².